The van der Waals surface area contributed by atoms with Crippen molar-refractivity contribution in [1.29, 1.82) is 0 Å². The first-order chi connectivity index (χ1) is 14.3. The summed E-state index contributed by atoms with van der Waals surface area (Å²) in [5.41, 5.74) is 5.07. The predicted octanol–water partition coefficient (Wildman–Crippen LogP) is 1.84. The third-order valence-electron chi connectivity index (χ3n) is 4.36. The van der Waals surface area contributed by atoms with Gasteiger partial charge < -0.3 is 9.64 Å². The van der Waals surface area contributed by atoms with Gasteiger partial charge in [-0.2, -0.15) is 0 Å². The number of carbonyl (C=O) groups excluding carboxylic acids is 4. The molecular weight excluding hydrogens is 417 g/mol. The second-order valence-corrected chi connectivity index (χ2v) is 6.94. The zero-order valence-electron chi connectivity index (χ0n) is 15.6. The zero-order chi connectivity index (χ0) is 21.7. The number of hydrogen-bond acceptors (Lipinski definition) is 5. The summed E-state index contributed by atoms with van der Waals surface area (Å²) in [5, 5.41) is 0.464. The molecule has 1 saturated heterocycles. The maximum atomic E-state index is 13.0. The molecule has 2 aromatic rings. The van der Waals surface area contributed by atoms with Gasteiger partial charge in [0, 0.05) is 29.2 Å². The molecule has 2 N–H and O–H groups in total. The topological polar surface area (TPSA) is 105 Å². The van der Waals surface area contributed by atoms with Crippen molar-refractivity contribution in [1.82, 2.24) is 10.9 Å². The lowest BCUT2D eigenvalue weighted by Crippen LogP contribution is -2.43. The van der Waals surface area contributed by atoms with Crippen LogP contribution in [0.1, 0.15) is 16.8 Å². The molecular formula is C20H17ClFN3O5. The lowest BCUT2D eigenvalue weighted by atomic mass is 10.1. The summed E-state index contributed by atoms with van der Waals surface area (Å²) in [5.74, 6) is -3.52. The van der Waals surface area contributed by atoms with Crippen LogP contribution in [-0.2, 0) is 19.1 Å². The number of nitrogens with zero attached hydrogens (tertiary/aromatic N) is 1. The number of amides is 3. The minimum Gasteiger partial charge on any atom is -0.455 e. The van der Waals surface area contributed by atoms with Crippen molar-refractivity contribution in [2.24, 2.45) is 5.92 Å². The fraction of sp³-hybridized carbons (Fsp3) is 0.200. The number of halogens is 2. The van der Waals surface area contributed by atoms with E-state index in [1.165, 1.54) is 53.4 Å². The highest BCUT2D eigenvalue weighted by Gasteiger charge is 2.36. The maximum Gasteiger partial charge on any atom is 0.311 e. The highest BCUT2D eigenvalue weighted by molar-refractivity contribution is 6.30. The number of benzene rings is 2. The number of nitrogens with one attached hydrogen (secondary N) is 2. The monoisotopic (exact) mass is 433 g/mol. The van der Waals surface area contributed by atoms with Crippen molar-refractivity contribution in [3.63, 3.8) is 0 Å². The molecule has 156 valence electrons. The van der Waals surface area contributed by atoms with E-state index in [1.807, 2.05) is 0 Å². The molecule has 0 unspecified atom stereocenters. The van der Waals surface area contributed by atoms with Crippen molar-refractivity contribution >= 4 is 41.0 Å². The quantitative estimate of drug-likeness (QED) is 0.553. The molecule has 3 rings (SSSR count). The zero-order valence-corrected chi connectivity index (χ0v) is 16.3. The van der Waals surface area contributed by atoms with Crippen molar-refractivity contribution < 1.29 is 28.3 Å². The van der Waals surface area contributed by atoms with E-state index >= 15 is 0 Å². The van der Waals surface area contributed by atoms with Gasteiger partial charge in [0.2, 0.25) is 5.91 Å². The Morgan fingerprint density at radius 3 is 2.40 bits per heavy atom. The van der Waals surface area contributed by atoms with Crippen LogP contribution in [0.15, 0.2) is 48.5 Å². The molecule has 30 heavy (non-hydrogen) atoms. The highest BCUT2D eigenvalue weighted by Crippen LogP contribution is 2.26. The number of hydrazine groups is 1. The third-order valence-corrected chi connectivity index (χ3v) is 4.62. The molecule has 1 aliphatic heterocycles. The molecule has 0 bridgehead atoms. The van der Waals surface area contributed by atoms with Crippen LogP contribution in [0.4, 0.5) is 10.1 Å². The van der Waals surface area contributed by atoms with E-state index in [1.54, 1.807) is 0 Å². The summed E-state index contributed by atoms with van der Waals surface area (Å²) in [7, 11) is 0. The second-order valence-electron chi connectivity index (χ2n) is 6.50. The minimum absolute atomic E-state index is 0.0677. The van der Waals surface area contributed by atoms with Crippen molar-refractivity contribution in [3.8, 4) is 0 Å². The van der Waals surface area contributed by atoms with E-state index in [0.717, 1.165) is 0 Å². The van der Waals surface area contributed by atoms with Crippen LogP contribution in [0, 0.1) is 11.7 Å². The van der Waals surface area contributed by atoms with Gasteiger partial charge >= 0.3 is 5.97 Å². The number of carbonyl (C=O) groups is 4. The molecule has 1 aliphatic rings. The molecule has 1 heterocycles. The van der Waals surface area contributed by atoms with Gasteiger partial charge in [0.05, 0.1) is 5.92 Å². The van der Waals surface area contributed by atoms with Gasteiger partial charge in [-0.05, 0) is 48.5 Å². The van der Waals surface area contributed by atoms with Gasteiger partial charge in [0.1, 0.15) is 5.82 Å². The Kier molecular flexibility index (Phi) is 6.63. The number of esters is 1. The van der Waals surface area contributed by atoms with Crippen molar-refractivity contribution in [2.45, 2.75) is 6.42 Å². The summed E-state index contributed by atoms with van der Waals surface area (Å²) < 4.78 is 18.0. The molecule has 3 amide bonds. The van der Waals surface area contributed by atoms with Gasteiger partial charge in [-0.1, -0.05) is 11.6 Å². The summed E-state index contributed by atoms with van der Waals surface area (Å²) in [6.07, 6.45) is -0.0782. The van der Waals surface area contributed by atoms with Crippen LogP contribution in [0.2, 0.25) is 5.02 Å². The molecule has 1 atom stereocenters. The fourth-order valence-corrected chi connectivity index (χ4v) is 2.95. The summed E-state index contributed by atoms with van der Waals surface area (Å²) >= 11 is 5.74. The van der Waals surface area contributed by atoms with Gasteiger partial charge in [0.15, 0.2) is 6.61 Å². The first-order valence-corrected chi connectivity index (χ1v) is 9.28. The Morgan fingerprint density at radius 1 is 1.07 bits per heavy atom. The summed E-state index contributed by atoms with van der Waals surface area (Å²) in [6, 6.07) is 11.3. The van der Waals surface area contributed by atoms with Crippen LogP contribution >= 0.6 is 11.6 Å². The first kappa shape index (κ1) is 21.3. The van der Waals surface area contributed by atoms with Crippen LogP contribution in [-0.4, -0.2) is 36.8 Å². The molecule has 2 aromatic carbocycles. The smallest absolute Gasteiger partial charge is 0.311 e. The molecule has 10 heteroatoms. The molecule has 0 radical (unpaired) electrons. The Hall–Kier alpha value is -3.46. The molecule has 1 fully saturated rings. The van der Waals surface area contributed by atoms with Gasteiger partial charge in [-0.3, -0.25) is 30.0 Å². The molecule has 0 aliphatic carbocycles. The maximum absolute atomic E-state index is 13.0. The largest absolute Gasteiger partial charge is 0.455 e. The van der Waals surface area contributed by atoms with E-state index in [-0.39, 0.29) is 24.4 Å². The first-order valence-electron chi connectivity index (χ1n) is 8.91. The van der Waals surface area contributed by atoms with E-state index in [2.05, 4.69) is 10.9 Å². The van der Waals surface area contributed by atoms with Crippen LogP contribution in [0.25, 0.3) is 0 Å². The number of ether oxygens (including phenoxy) is 1. The lowest BCUT2D eigenvalue weighted by Gasteiger charge is -2.16. The van der Waals surface area contributed by atoms with Crippen LogP contribution in [0.3, 0.4) is 0 Å². The van der Waals surface area contributed by atoms with E-state index in [9.17, 15) is 23.6 Å². The van der Waals surface area contributed by atoms with E-state index in [4.69, 9.17) is 16.3 Å². The predicted molar refractivity (Wildman–Crippen MR) is 105 cm³/mol. The molecule has 8 nitrogen and oxygen atoms in total. The number of rotatable bonds is 5. The number of hydrogen-bond donors (Lipinski definition) is 2. The van der Waals surface area contributed by atoms with Crippen LogP contribution in [0.5, 0.6) is 0 Å². The number of anilines is 1. The van der Waals surface area contributed by atoms with E-state index in [0.29, 0.717) is 10.7 Å². The average molecular weight is 434 g/mol. The molecule has 0 aromatic heterocycles. The second kappa shape index (κ2) is 9.36. The SMILES string of the molecule is O=C(COC(=O)[C@H]1CC(=O)N(c2ccc(F)cc2)C1)NNC(=O)c1ccc(Cl)cc1. The van der Waals surface area contributed by atoms with Crippen molar-refractivity contribution in [2.75, 3.05) is 18.1 Å². The highest BCUT2D eigenvalue weighted by atomic mass is 35.5. The molecule has 0 spiro atoms. The summed E-state index contributed by atoms with van der Waals surface area (Å²) in [6.45, 7) is -0.556. The average Bonchev–Trinajstić information content (AvgIpc) is 3.13. The van der Waals surface area contributed by atoms with Gasteiger partial charge in [0.25, 0.3) is 11.8 Å². The van der Waals surface area contributed by atoms with Gasteiger partial charge in [-0.25, -0.2) is 4.39 Å². The standard InChI is InChI=1S/C20H17ClFN3O5/c21-14-3-1-12(2-4-14)19(28)24-23-17(26)11-30-20(29)13-9-18(27)25(10-13)16-7-5-15(22)6-8-16/h1-8,13H,9-11H2,(H,23,26)(H,24,28)/t13-/m0/s1. The van der Waals surface area contributed by atoms with Crippen LogP contribution < -0.4 is 15.8 Å². The van der Waals surface area contributed by atoms with E-state index < -0.39 is 36.1 Å². The Morgan fingerprint density at radius 2 is 1.73 bits per heavy atom. The minimum atomic E-state index is -0.751. The summed E-state index contributed by atoms with van der Waals surface area (Å²) in [4.78, 5) is 49.4. The normalized spacial score (nSPS) is 15.6. The Labute approximate surface area is 175 Å². The lowest BCUT2D eigenvalue weighted by molar-refractivity contribution is -0.152. The van der Waals surface area contributed by atoms with Gasteiger partial charge in [-0.15, -0.1) is 0 Å². The Bertz CT molecular complexity index is 965. The third kappa shape index (κ3) is 5.32. The molecule has 0 saturated carbocycles. The fourth-order valence-electron chi connectivity index (χ4n) is 2.83. The van der Waals surface area contributed by atoms with Crippen molar-refractivity contribution in [3.05, 3.63) is 64.9 Å². The Balaban J connectivity index is 1.44.